The maximum absolute atomic E-state index is 13.6. The van der Waals surface area contributed by atoms with Crippen LogP contribution in [0.25, 0.3) is 11.3 Å². The molecule has 0 fully saturated rings. The van der Waals surface area contributed by atoms with E-state index in [1.807, 2.05) is 0 Å². The van der Waals surface area contributed by atoms with Gasteiger partial charge < -0.3 is 9.72 Å². The van der Waals surface area contributed by atoms with Crippen molar-refractivity contribution in [3.8, 4) is 17.0 Å². The van der Waals surface area contributed by atoms with E-state index in [0.29, 0.717) is 5.69 Å². The standard InChI is InChI=1S/C11H8F2N2OS/c1-16-10-9(14-5-15-11(10)17)7-3-2-6(12)4-8(7)13/h2-5H,1H3,(H,14,15,17). The number of nitrogens with zero attached hydrogens (tertiary/aromatic N) is 1. The zero-order valence-corrected chi connectivity index (χ0v) is 9.65. The van der Waals surface area contributed by atoms with E-state index in [2.05, 4.69) is 9.97 Å². The molecule has 0 saturated heterocycles. The Morgan fingerprint density at radius 2 is 2.12 bits per heavy atom. The number of methoxy groups -OCH3 is 1. The summed E-state index contributed by atoms with van der Waals surface area (Å²) in [4.78, 5) is 6.56. The molecule has 0 bridgehead atoms. The van der Waals surface area contributed by atoms with Crippen molar-refractivity contribution in [1.29, 1.82) is 0 Å². The maximum atomic E-state index is 13.6. The molecule has 6 heteroatoms. The highest BCUT2D eigenvalue weighted by molar-refractivity contribution is 7.71. The molecule has 17 heavy (non-hydrogen) atoms. The number of hydrogen-bond acceptors (Lipinski definition) is 3. The van der Waals surface area contributed by atoms with Gasteiger partial charge in [-0.05, 0) is 12.1 Å². The number of benzene rings is 1. The Hall–Kier alpha value is -1.82. The van der Waals surface area contributed by atoms with Gasteiger partial charge in [0, 0.05) is 11.6 Å². The lowest BCUT2D eigenvalue weighted by Gasteiger charge is -2.08. The summed E-state index contributed by atoms with van der Waals surface area (Å²) < 4.78 is 31.7. The van der Waals surface area contributed by atoms with Gasteiger partial charge in [0.2, 0.25) is 0 Å². The van der Waals surface area contributed by atoms with Gasteiger partial charge in [0.25, 0.3) is 0 Å². The number of ether oxygens (including phenoxy) is 1. The number of aromatic amines is 1. The largest absolute Gasteiger partial charge is 0.491 e. The van der Waals surface area contributed by atoms with Crippen LogP contribution in [0, 0.1) is 16.3 Å². The van der Waals surface area contributed by atoms with E-state index < -0.39 is 11.6 Å². The van der Waals surface area contributed by atoms with E-state index in [9.17, 15) is 8.78 Å². The highest BCUT2D eigenvalue weighted by atomic mass is 32.1. The number of nitrogens with one attached hydrogen (secondary N) is 1. The molecule has 2 rings (SSSR count). The number of rotatable bonds is 2. The van der Waals surface area contributed by atoms with Gasteiger partial charge in [0.15, 0.2) is 10.4 Å². The van der Waals surface area contributed by atoms with Crippen LogP contribution >= 0.6 is 12.2 Å². The SMILES string of the molecule is COc1c(-c2ccc(F)cc2F)[nH]cnc1=S. The Bertz CT molecular complexity index is 613. The van der Waals surface area contributed by atoms with Gasteiger partial charge >= 0.3 is 0 Å². The first kappa shape index (κ1) is 11.7. The molecule has 1 aromatic heterocycles. The lowest BCUT2D eigenvalue weighted by molar-refractivity contribution is 0.410. The number of halogens is 2. The predicted octanol–water partition coefficient (Wildman–Crippen LogP) is 3.09. The summed E-state index contributed by atoms with van der Waals surface area (Å²) in [5.74, 6) is -1.08. The minimum atomic E-state index is -0.694. The van der Waals surface area contributed by atoms with Gasteiger partial charge in [0.05, 0.1) is 19.1 Å². The average molecular weight is 254 g/mol. The molecule has 0 aliphatic heterocycles. The van der Waals surface area contributed by atoms with Crippen LogP contribution in [0.1, 0.15) is 0 Å². The summed E-state index contributed by atoms with van der Waals surface area (Å²) in [7, 11) is 1.41. The number of aromatic nitrogens is 2. The van der Waals surface area contributed by atoms with E-state index in [0.717, 1.165) is 12.1 Å². The fourth-order valence-electron chi connectivity index (χ4n) is 1.47. The van der Waals surface area contributed by atoms with Gasteiger partial charge in [-0.1, -0.05) is 12.2 Å². The van der Waals surface area contributed by atoms with Crippen molar-refractivity contribution in [3.05, 3.63) is 40.8 Å². The second kappa shape index (κ2) is 4.58. The molecular formula is C11H8F2N2OS. The third kappa shape index (κ3) is 2.16. The smallest absolute Gasteiger partial charge is 0.179 e. The minimum Gasteiger partial charge on any atom is -0.491 e. The number of H-pyrrole nitrogens is 1. The van der Waals surface area contributed by atoms with Crippen LogP contribution in [0.3, 0.4) is 0 Å². The molecule has 0 atom stereocenters. The van der Waals surface area contributed by atoms with Crippen molar-refractivity contribution in [2.24, 2.45) is 0 Å². The van der Waals surface area contributed by atoms with E-state index in [-0.39, 0.29) is 16.0 Å². The van der Waals surface area contributed by atoms with E-state index in [1.165, 1.54) is 19.5 Å². The van der Waals surface area contributed by atoms with Crippen LogP contribution in [0.4, 0.5) is 8.78 Å². The second-order valence-electron chi connectivity index (χ2n) is 3.24. The second-order valence-corrected chi connectivity index (χ2v) is 3.63. The fraction of sp³-hybridized carbons (Fsp3) is 0.0909. The molecule has 0 aliphatic carbocycles. The van der Waals surface area contributed by atoms with Crippen molar-refractivity contribution in [2.75, 3.05) is 7.11 Å². The molecule has 0 unspecified atom stereocenters. The molecule has 1 heterocycles. The topological polar surface area (TPSA) is 37.9 Å². The van der Waals surface area contributed by atoms with E-state index in [1.54, 1.807) is 0 Å². The Kier molecular flexibility index (Phi) is 3.14. The summed E-state index contributed by atoms with van der Waals surface area (Å²) in [6.07, 6.45) is 1.34. The molecule has 1 N–H and O–H groups in total. The summed E-state index contributed by atoms with van der Waals surface area (Å²) in [5.41, 5.74) is 0.516. The van der Waals surface area contributed by atoms with Crippen molar-refractivity contribution in [1.82, 2.24) is 9.97 Å². The van der Waals surface area contributed by atoms with Crippen LogP contribution in [-0.2, 0) is 0 Å². The molecule has 2 aromatic rings. The van der Waals surface area contributed by atoms with Gasteiger partial charge in [-0.2, -0.15) is 0 Å². The molecule has 0 saturated carbocycles. The Morgan fingerprint density at radius 3 is 2.76 bits per heavy atom. The van der Waals surface area contributed by atoms with Crippen molar-refractivity contribution < 1.29 is 13.5 Å². The Morgan fingerprint density at radius 1 is 1.35 bits per heavy atom. The number of hydrogen-bond donors (Lipinski definition) is 1. The van der Waals surface area contributed by atoms with Gasteiger partial charge in [-0.25, -0.2) is 13.8 Å². The van der Waals surface area contributed by atoms with Crippen LogP contribution in [-0.4, -0.2) is 17.1 Å². The molecule has 0 spiro atoms. The molecule has 0 aliphatic rings. The lowest BCUT2D eigenvalue weighted by atomic mass is 10.1. The van der Waals surface area contributed by atoms with Crippen molar-refractivity contribution in [2.45, 2.75) is 0 Å². The summed E-state index contributed by atoms with van der Waals surface area (Å²) in [6.45, 7) is 0. The average Bonchev–Trinajstić information content (AvgIpc) is 2.29. The summed E-state index contributed by atoms with van der Waals surface area (Å²) >= 11 is 4.96. The third-order valence-corrected chi connectivity index (χ3v) is 2.51. The first-order valence-corrected chi connectivity index (χ1v) is 5.11. The van der Waals surface area contributed by atoms with Crippen molar-refractivity contribution in [3.63, 3.8) is 0 Å². The van der Waals surface area contributed by atoms with Crippen molar-refractivity contribution >= 4 is 12.2 Å². The first-order valence-electron chi connectivity index (χ1n) is 4.70. The fourth-order valence-corrected chi connectivity index (χ4v) is 1.71. The third-order valence-electron chi connectivity index (χ3n) is 2.22. The van der Waals surface area contributed by atoms with Gasteiger partial charge in [-0.3, -0.25) is 0 Å². The Balaban J connectivity index is 2.68. The highest BCUT2D eigenvalue weighted by Gasteiger charge is 2.13. The normalized spacial score (nSPS) is 10.3. The summed E-state index contributed by atoms with van der Waals surface area (Å²) in [6, 6.07) is 3.27. The van der Waals surface area contributed by atoms with Gasteiger partial charge in [0.1, 0.15) is 11.6 Å². The molecular weight excluding hydrogens is 246 g/mol. The van der Waals surface area contributed by atoms with E-state index in [4.69, 9.17) is 17.0 Å². The van der Waals surface area contributed by atoms with Crippen LogP contribution in [0.5, 0.6) is 5.75 Å². The molecule has 0 radical (unpaired) electrons. The predicted molar refractivity (Wildman–Crippen MR) is 61.3 cm³/mol. The molecule has 88 valence electrons. The Labute approximate surface area is 101 Å². The first-order chi connectivity index (χ1) is 8.13. The monoisotopic (exact) mass is 254 g/mol. The quantitative estimate of drug-likeness (QED) is 0.837. The molecule has 1 aromatic carbocycles. The highest BCUT2D eigenvalue weighted by Crippen LogP contribution is 2.29. The lowest BCUT2D eigenvalue weighted by Crippen LogP contribution is -1.96. The zero-order chi connectivity index (χ0) is 12.4. The molecule has 0 amide bonds. The summed E-state index contributed by atoms with van der Waals surface area (Å²) in [5, 5.41) is 0. The molecule has 3 nitrogen and oxygen atoms in total. The van der Waals surface area contributed by atoms with Crippen LogP contribution in [0.15, 0.2) is 24.5 Å². The van der Waals surface area contributed by atoms with E-state index >= 15 is 0 Å². The van der Waals surface area contributed by atoms with Crippen LogP contribution in [0.2, 0.25) is 0 Å². The minimum absolute atomic E-state index is 0.178. The van der Waals surface area contributed by atoms with Gasteiger partial charge in [-0.15, -0.1) is 0 Å². The maximum Gasteiger partial charge on any atom is 0.179 e. The van der Waals surface area contributed by atoms with Crippen LogP contribution < -0.4 is 4.74 Å². The zero-order valence-electron chi connectivity index (χ0n) is 8.83.